The molecule has 14 heteroatoms. The van der Waals surface area contributed by atoms with Gasteiger partial charge in [0.05, 0.1) is 52.5 Å². The van der Waals surface area contributed by atoms with Crippen molar-refractivity contribution in [3.8, 4) is 0 Å². The lowest BCUT2D eigenvalue weighted by Gasteiger charge is -2.21. The number of nitrogens with zero attached hydrogens (tertiary/aromatic N) is 2. The monoisotopic (exact) mass is 624 g/mol. The molecule has 44 heavy (non-hydrogen) atoms. The van der Waals surface area contributed by atoms with E-state index in [1.165, 1.54) is 9.80 Å². The van der Waals surface area contributed by atoms with E-state index in [1.807, 2.05) is 0 Å². The van der Waals surface area contributed by atoms with Crippen LogP contribution < -0.4 is 0 Å². The smallest absolute Gasteiger partial charge is 0.330 e. The Labute approximate surface area is 258 Å². The van der Waals surface area contributed by atoms with Crippen molar-refractivity contribution in [2.24, 2.45) is 0 Å². The summed E-state index contributed by atoms with van der Waals surface area (Å²) in [6.07, 6.45) is 3.66. The van der Waals surface area contributed by atoms with Crippen molar-refractivity contribution in [2.45, 2.75) is 25.9 Å². The number of ketones is 1. The number of hydrogen-bond donors (Lipinski definition) is 0. The molecule has 2 amide bonds. The number of hydrogen-bond acceptors (Lipinski definition) is 12. The predicted octanol–water partition coefficient (Wildman–Crippen LogP) is 0.805. The Morgan fingerprint density at radius 1 is 0.568 bits per heavy atom. The van der Waals surface area contributed by atoms with Crippen LogP contribution in [0.2, 0.25) is 0 Å². The van der Waals surface area contributed by atoms with E-state index in [1.54, 1.807) is 6.92 Å². The molecule has 0 radical (unpaired) electrons. The van der Waals surface area contributed by atoms with Crippen LogP contribution in [-0.2, 0) is 57.2 Å². The van der Waals surface area contributed by atoms with E-state index in [-0.39, 0.29) is 109 Å². The second-order valence-corrected chi connectivity index (χ2v) is 8.73. The molecule has 0 heterocycles. The van der Waals surface area contributed by atoms with Crippen molar-refractivity contribution < 1.29 is 57.2 Å². The van der Waals surface area contributed by atoms with E-state index in [0.717, 1.165) is 24.3 Å². The highest BCUT2D eigenvalue weighted by Gasteiger charge is 2.15. The summed E-state index contributed by atoms with van der Waals surface area (Å²) in [6, 6.07) is 0. The van der Waals surface area contributed by atoms with Crippen LogP contribution in [0.1, 0.15) is 19.8 Å². The highest BCUT2D eigenvalue weighted by Crippen LogP contribution is 2.00. The largest absolute Gasteiger partial charge is 0.463 e. The molecule has 0 saturated carbocycles. The quantitative estimate of drug-likeness (QED) is 0.0547. The zero-order valence-electron chi connectivity index (χ0n) is 25.4. The van der Waals surface area contributed by atoms with Gasteiger partial charge in [0.25, 0.3) is 0 Å². The van der Waals surface area contributed by atoms with Gasteiger partial charge in [0.15, 0.2) is 5.78 Å². The normalized spacial score (nSPS) is 10.9. The predicted molar refractivity (Wildman–Crippen MR) is 158 cm³/mol. The minimum absolute atomic E-state index is 0.00146. The first-order chi connectivity index (χ1) is 21.1. The molecular formula is C30H44N2O12. The second-order valence-electron chi connectivity index (χ2n) is 8.73. The van der Waals surface area contributed by atoms with Crippen LogP contribution in [0.5, 0.6) is 0 Å². The zero-order chi connectivity index (χ0) is 33.2. The maximum atomic E-state index is 12.3. The van der Waals surface area contributed by atoms with Crippen LogP contribution in [0.15, 0.2) is 50.6 Å². The van der Waals surface area contributed by atoms with Gasteiger partial charge in [-0.2, -0.15) is 0 Å². The standard InChI is InChI=1S/C30H44N2O12/c1-6-26(34)31(14-20-42-28(36)8-3)12-18-39-16-10-25(33)24(5)41-22-23-44-30(38)11-17-40-19-13-32(27(35)7-2)15-21-43-29(37)9-4/h6-9,24H,1-4,10-23H2,5H3. The summed E-state index contributed by atoms with van der Waals surface area (Å²) < 4.78 is 31.0. The van der Waals surface area contributed by atoms with Crippen LogP contribution in [0, 0.1) is 0 Å². The summed E-state index contributed by atoms with van der Waals surface area (Å²) >= 11 is 0. The van der Waals surface area contributed by atoms with Crippen molar-refractivity contribution in [3.05, 3.63) is 50.6 Å². The Morgan fingerprint density at radius 2 is 1.02 bits per heavy atom. The minimum Gasteiger partial charge on any atom is -0.463 e. The summed E-state index contributed by atoms with van der Waals surface area (Å²) in [7, 11) is 0. The molecule has 0 N–H and O–H groups in total. The molecule has 0 aliphatic carbocycles. The Hall–Kier alpha value is -4.14. The molecule has 0 aromatic carbocycles. The molecule has 1 unspecified atom stereocenters. The molecule has 246 valence electrons. The van der Waals surface area contributed by atoms with Gasteiger partial charge in [-0.15, -0.1) is 0 Å². The maximum absolute atomic E-state index is 12.3. The number of carbonyl (C=O) groups excluding carboxylic acids is 6. The molecule has 0 saturated heterocycles. The van der Waals surface area contributed by atoms with Crippen LogP contribution in [0.25, 0.3) is 0 Å². The summed E-state index contributed by atoms with van der Waals surface area (Å²) in [5.41, 5.74) is 0. The van der Waals surface area contributed by atoms with Gasteiger partial charge in [0.2, 0.25) is 11.8 Å². The number of carbonyl (C=O) groups is 6. The Balaban J connectivity index is 4.05. The maximum Gasteiger partial charge on any atom is 0.330 e. The van der Waals surface area contributed by atoms with Gasteiger partial charge in [-0.3, -0.25) is 19.2 Å². The van der Waals surface area contributed by atoms with Gasteiger partial charge < -0.3 is 38.2 Å². The number of Topliss-reactive ketones (excluding diaryl/α,β-unsaturated/α-hetero) is 1. The van der Waals surface area contributed by atoms with Gasteiger partial charge in [0, 0.05) is 31.7 Å². The fourth-order valence-corrected chi connectivity index (χ4v) is 3.18. The Morgan fingerprint density at radius 3 is 1.48 bits per heavy atom. The van der Waals surface area contributed by atoms with Gasteiger partial charge >= 0.3 is 17.9 Å². The van der Waals surface area contributed by atoms with Gasteiger partial charge in [-0.25, -0.2) is 9.59 Å². The summed E-state index contributed by atoms with van der Waals surface area (Å²) in [5, 5.41) is 0. The van der Waals surface area contributed by atoms with Gasteiger partial charge in [-0.05, 0) is 19.1 Å². The minimum atomic E-state index is -0.736. The molecule has 0 aliphatic rings. The number of rotatable bonds is 27. The van der Waals surface area contributed by atoms with E-state index < -0.39 is 24.0 Å². The molecule has 0 aromatic heterocycles. The molecule has 0 aromatic rings. The molecule has 0 aliphatic heterocycles. The van der Waals surface area contributed by atoms with Gasteiger partial charge in [-0.1, -0.05) is 26.3 Å². The zero-order valence-corrected chi connectivity index (χ0v) is 25.4. The number of esters is 3. The van der Waals surface area contributed by atoms with Gasteiger partial charge in [0.1, 0.15) is 25.9 Å². The molecule has 0 rings (SSSR count). The summed E-state index contributed by atoms with van der Waals surface area (Å²) in [5.74, 6) is -2.60. The van der Waals surface area contributed by atoms with Crippen LogP contribution in [0.4, 0.5) is 0 Å². The topological polar surface area (TPSA) is 164 Å². The van der Waals surface area contributed by atoms with Crippen molar-refractivity contribution in [2.75, 3.05) is 79.0 Å². The average Bonchev–Trinajstić information content (AvgIpc) is 3.03. The molecule has 1 atom stereocenters. The lowest BCUT2D eigenvalue weighted by Crippen LogP contribution is -2.36. The summed E-state index contributed by atoms with van der Waals surface area (Å²) in [4.78, 5) is 73.0. The fraction of sp³-hybridized carbons (Fsp3) is 0.533. The van der Waals surface area contributed by atoms with E-state index in [9.17, 15) is 28.8 Å². The lowest BCUT2D eigenvalue weighted by molar-refractivity contribution is -0.148. The van der Waals surface area contributed by atoms with E-state index >= 15 is 0 Å². The van der Waals surface area contributed by atoms with Crippen LogP contribution in [-0.4, -0.2) is 130 Å². The van der Waals surface area contributed by atoms with E-state index in [0.29, 0.717) is 0 Å². The van der Waals surface area contributed by atoms with Crippen molar-refractivity contribution in [1.82, 2.24) is 9.80 Å². The first-order valence-electron chi connectivity index (χ1n) is 14.0. The van der Waals surface area contributed by atoms with E-state index in [4.69, 9.17) is 28.4 Å². The van der Waals surface area contributed by atoms with Crippen molar-refractivity contribution >= 4 is 35.5 Å². The highest BCUT2D eigenvalue weighted by atomic mass is 16.6. The number of ether oxygens (including phenoxy) is 6. The molecule has 0 bridgehead atoms. The SMILES string of the molecule is C=CC(=O)OCCN(CCOCCC(=O)OCCOC(C)C(=O)CCOCCN(CCOC(=O)C=C)C(=O)C=C)C(=O)C=C. The van der Waals surface area contributed by atoms with Crippen molar-refractivity contribution in [1.29, 1.82) is 0 Å². The molecule has 0 fully saturated rings. The van der Waals surface area contributed by atoms with Crippen molar-refractivity contribution in [3.63, 3.8) is 0 Å². The third-order valence-electron chi connectivity index (χ3n) is 5.64. The third kappa shape index (κ3) is 19.9. The Bertz CT molecular complexity index is 981. The van der Waals surface area contributed by atoms with Crippen LogP contribution >= 0.6 is 0 Å². The lowest BCUT2D eigenvalue weighted by atomic mass is 10.2. The fourth-order valence-electron chi connectivity index (χ4n) is 3.18. The van der Waals surface area contributed by atoms with E-state index in [2.05, 4.69) is 26.3 Å². The molecule has 0 spiro atoms. The first-order valence-corrected chi connectivity index (χ1v) is 14.0. The Kier molecular flexibility index (Phi) is 23.0. The second kappa shape index (κ2) is 25.4. The molecular weight excluding hydrogens is 580 g/mol. The highest BCUT2D eigenvalue weighted by molar-refractivity contribution is 5.87. The summed E-state index contributed by atoms with van der Waals surface area (Å²) in [6.45, 7) is 16.2. The van der Waals surface area contributed by atoms with Crippen LogP contribution in [0.3, 0.4) is 0 Å². The third-order valence-corrected chi connectivity index (χ3v) is 5.64. The average molecular weight is 625 g/mol. The number of amides is 2. The first kappa shape index (κ1) is 39.9. The molecule has 14 nitrogen and oxygen atoms in total.